The zero-order valence-electron chi connectivity index (χ0n) is 10.2. The van der Waals surface area contributed by atoms with Gasteiger partial charge in [0, 0.05) is 24.8 Å². The topological polar surface area (TPSA) is 25.2 Å². The van der Waals surface area contributed by atoms with Crippen molar-refractivity contribution in [2.75, 3.05) is 19.6 Å². The van der Waals surface area contributed by atoms with Gasteiger partial charge in [0.2, 0.25) is 0 Å². The first-order chi connectivity index (χ1) is 8.83. The molecule has 0 unspecified atom stereocenters. The summed E-state index contributed by atoms with van der Waals surface area (Å²) in [6.07, 6.45) is 4.62. The van der Waals surface area contributed by atoms with E-state index >= 15 is 0 Å². The minimum atomic E-state index is 0.164. The van der Waals surface area contributed by atoms with Gasteiger partial charge in [-0.3, -0.25) is 4.79 Å². The molecule has 3 saturated heterocycles. The van der Waals surface area contributed by atoms with Crippen LogP contribution in [-0.2, 0) is 0 Å². The van der Waals surface area contributed by atoms with E-state index < -0.39 is 0 Å². The van der Waals surface area contributed by atoms with E-state index in [0.717, 1.165) is 22.7 Å². The molecule has 94 valence electrons. The van der Waals surface area contributed by atoms with Gasteiger partial charge in [-0.1, -0.05) is 0 Å². The van der Waals surface area contributed by atoms with Crippen LogP contribution in [0, 0.1) is 5.92 Å². The standard InChI is InChI=1S/C14H16N2OS/c17-13-3-7-16(11-4-8-18-14(11)13)12-9-15-5-1-10(12)2-6-15/h3-4,7-8,10,12H,1-2,5-6,9H2/t12-/m0/s1. The molecule has 18 heavy (non-hydrogen) atoms. The predicted octanol–water partition coefficient (Wildman–Crippen LogP) is 2.33. The van der Waals surface area contributed by atoms with E-state index in [9.17, 15) is 4.79 Å². The molecule has 0 radical (unpaired) electrons. The molecule has 2 aromatic heterocycles. The molecular weight excluding hydrogens is 244 g/mol. The Labute approximate surface area is 110 Å². The molecule has 2 aromatic rings. The largest absolute Gasteiger partial charge is 0.342 e. The predicted molar refractivity (Wildman–Crippen MR) is 74.3 cm³/mol. The van der Waals surface area contributed by atoms with Crippen molar-refractivity contribution in [2.24, 2.45) is 5.92 Å². The van der Waals surface area contributed by atoms with E-state index in [0.29, 0.717) is 6.04 Å². The highest BCUT2D eigenvalue weighted by Crippen LogP contribution is 2.37. The quantitative estimate of drug-likeness (QED) is 0.786. The normalized spacial score (nSPS) is 31.0. The van der Waals surface area contributed by atoms with Gasteiger partial charge in [-0.25, -0.2) is 0 Å². The van der Waals surface area contributed by atoms with Crippen molar-refractivity contribution >= 4 is 21.6 Å². The Bertz CT molecular complexity index is 637. The number of hydrogen-bond donors (Lipinski definition) is 0. The van der Waals surface area contributed by atoms with Gasteiger partial charge in [0.05, 0.1) is 10.2 Å². The first-order valence-corrected chi connectivity index (χ1v) is 7.51. The lowest BCUT2D eigenvalue weighted by Gasteiger charge is -2.45. The van der Waals surface area contributed by atoms with E-state index in [1.54, 1.807) is 17.4 Å². The summed E-state index contributed by atoms with van der Waals surface area (Å²) in [6.45, 7) is 3.67. The number of pyridine rings is 1. The van der Waals surface area contributed by atoms with Gasteiger partial charge < -0.3 is 9.47 Å². The molecule has 4 heteroatoms. The minimum absolute atomic E-state index is 0.164. The Morgan fingerprint density at radius 1 is 1.22 bits per heavy atom. The van der Waals surface area contributed by atoms with Gasteiger partial charge >= 0.3 is 0 Å². The van der Waals surface area contributed by atoms with E-state index in [1.165, 1.54) is 25.9 Å². The van der Waals surface area contributed by atoms with Crippen molar-refractivity contribution < 1.29 is 0 Å². The van der Waals surface area contributed by atoms with Gasteiger partial charge in [0.25, 0.3) is 0 Å². The number of fused-ring (bicyclic) bond motifs is 4. The van der Waals surface area contributed by atoms with Crippen molar-refractivity contribution in [3.8, 4) is 0 Å². The summed E-state index contributed by atoms with van der Waals surface area (Å²) < 4.78 is 3.26. The highest BCUT2D eigenvalue weighted by Gasteiger charge is 2.35. The van der Waals surface area contributed by atoms with Crippen molar-refractivity contribution in [1.29, 1.82) is 0 Å². The van der Waals surface area contributed by atoms with Crippen LogP contribution < -0.4 is 5.43 Å². The average molecular weight is 260 g/mol. The van der Waals surface area contributed by atoms with Crippen molar-refractivity contribution in [2.45, 2.75) is 18.9 Å². The maximum atomic E-state index is 11.8. The second-order valence-electron chi connectivity index (χ2n) is 5.43. The van der Waals surface area contributed by atoms with E-state index in [1.807, 2.05) is 11.6 Å². The monoisotopic (exact) mass is 260 g/mol. The Morgan fingerprint density at radius 3 is 2.78 bits per heavy atom. The van der Waals surface area contributed by atoms with Gasteiger partial charge in [-0.05, 0) is 43.3 Å². The molecule has 3 nitrogen and oxygen atoms in total. The summed E-state index contributed by atoms with van der Waals surface area (Å²) in [5, 5.41) is 2.03. The van der Waals surface area contributed by atoms with Crippen LogP contribution in [0.4, 0.5) is 0 Å². The van der Waals surface area contributed by atoms with Crippen molar-refractivity contribution in [1.82, 2.24) is 9.47 Å². The minimum Gasteiger partial charge on any atom is -0.342 e. The second kappa shape index (κ2) is 3.93. The number of thiophene rings is 1. The molecule has 0 amide bonds. The number of rotatable bonds is 1. The molecule has 5 rings (SSSR count). The molecule has 0 spiro atoms. The van der Waals surface area contributed by atoms with E-state index in [4.69, 9.17) is 0 Å². The molecule has 0 saturated carbocycles. The third-order valence-electron chi connectivity index (χ3n) is 4.51. The van der Waals surface area contributed by atoms with Gasteiger partial charge in [0.15, 0.2) is 5.43 Å². The number of nitrogens with zero attached hydrogens (tertiary/aromatic N) is 2. The summed E-state index contributed by atoms with van der Waals surface area (Å²) in [7, 11) is 0. The average Bonchev–Trinajstić information content (AvgIpc) is 2.91. The fourth-order valence-electron chi connectivity index (χ4n) is 3.53. The van der Waals surface area contributed by atoms with Crippen LogP contribution in [0.15, 0.2) is 28.5 Å². The highest BCUT2D eigenvalue weighted by molar-refractivity contribution is 7.17. The van der Waals surface area contributed by atoms with Crippen molar-refractivity contribution in [3.63, 3.8) is 0 Å². The Kier molecular flexibility index (Phi) is 2.35. The van der Waals surface area contributed by atoms with Crippen LogP contribution >= 0.6 is 11.3 Å². The maximum absolute atomic E-state index is 11.8. The van der Waals surface area contributed by atoms with Gasteiger partial charge in [-0.15, -0.1) is 11.3 Å². The maximum Gasteiger partial charge on any atom is 0.199 e. The Balaban J connectivity index is 1.85. The molecular formula is C14H16N2OS. The fraction of sp³-hybridized carbons (Fsp3) is 0.500. The molecule has 5 heterocycles. The van der Waals surface area contributed by atoms with E-state index in [-0.39, 0.29) is 5.43 Å². The zero-order chi connectivity index (χ0) is 12.1. The lowest BCUT2D eigenvalue weighted by Crippen LogP contribution is -2.48. The van der Waals surface area contributed by atoms with Crippen LogP contribution in [0.5, 0.6) is 0 Å². The first-order valence-electron chi connectivity index (χ1n) is 6.63. The highest BCUT2D eigenvalue weighted by atomic mass is 32.1. The van der Waals surface area contributed by atoms with Crippen LogP contribution in [0.2, 0.25) is 0 Å². The van der Waals surface area contributed by atoms with Crippen LogP contribution in [0.25, 0.3) is 10.2 Å². The molecule has 3 aliphatic heterocycles. The van der Waals surface area contributed by atoms with E-state index in [2.05, 4.69) is 15.5 Å². The number of hydrogen-bond acceptors (Lipinski definition) is 3. The summed E-state index contributed by atoms with van der Waals surface area (Å²) >= 11 is 1.57. The molecule has 0 aliphatic carbocycles. The molecule has 0 N–H and O–H groups in total. The fourth-order valence-corrected chi connectivity index (χ4v) is 4.34. The molecule has 3 fully saturated rings. The van der Waals surface area contributed by atoms with Crippen LogP contribution in [0.3, 0.4) is 0 Å². The van der Waals surface area contributed by atoms with Crippen LogP contribution in [-0.4, -0.2) is 29.1 Å². The Morgan fingerprint density at radius 2 is 2.06 bits per heavy atom. The smallest absolute Gasteiger partial charge is 0.199 e. The summed E-state index contributed by atoms with van der Waals surface area (Å²) in [6, 6.07) is 4.39. The first kappa shape index (κ1) is 10.8. The SMILES string of the molecule is O=c1ccn([C@H]2CN3CCC2CC3)c2ccsc12. The molecule has 0 aromatic carbocycles. The molecule has 2 bridgehead atoms. The third kappa shape index (κ3) is 1.49. The molecule has 1 atom stereocenters. The third-order valence-corrected chi connectivity index (χ3v) is 5.43. The summed E-state index contributed by atoms with van der Waals surface area (Å²) in [5.41, 5.74) is 1.30. The van der Waals surface area contributed by atoms with Crippen LogP contribution in [0.1, 0.15) is 18.9 Å². The Hall–Kier alpha value is -1.13. The van der Waals surface area contributed by atoms with Crippen molar-refractivity contribution in [3.05, 3.63) is 33.9 Å². The lowest BCUT2D eigenvalue weighted by atomic mass is 9.83. The van der Waals surface area contributed by atoms with Gasteiger partial charge in [-0.2, -0.15) is 0 Å². The number of piperidine rings is 3. The van der Waals surface area contributed by atoms with Gasteiger partial charge in [0.1, 0.15) is 0 Å². The molecule has 3 aliphatic rings. The lowest BCUT2D eigenvalue weighted by molar-refractivity contribution is 0.0588. The number of aromatic nitrogens is 1. The summed E-state index contributed by atoms with van der Waals surface area (Å²) in [5.74, 6) is 0.792. The zero-order valence-corrected chi connectivity index (χ0v) is 11.0. The summed E-state index contributed by atoms with van der Waals surface area (Å²) in [4.78, 5) is 14.4. The second-order valence-corrected chi connectivity index (χ2v) is 6.34.